The number of nitrogens with one attached hydrogen (secondary N) is 1. The first kappa shape index (κ1) is 19.7. The zero-order valence-electron chi connectivity index (χ0n) is 14.8. The lowest BCUT2D eigenvalue weighted by atomic mass is 10.1. The minimum Gasteiger partial charge on any atom is -0.462 e. The van der Waals surface area contributed by atoms with Crippen LogP contribution in [0.2, 0.25) is 0 Å². The Balaban J connectivity index is 2.68. The number of carbonyl (C=O) groups excluding carboxylic acids is 3. The van der Waals surface area contributed by atoms with Crippen molar-refractivity contribution >= 4 is 23.5 Å². The van der Waals surface area contributed by atoms with E-state index >= 15 is 0 Å². The van der Waals surface area contributed by atoms with Gasteiger partial charge in [-0.2, -0.15) is 0 Å². The van der Waals surface area contributed by atoms with Crippen LogP contribution in [0.4, 0.5) is 5.69 Å². The van der Waals surface area contributed by atoms with Crippen molar-refractivity contribution in [2.45, 2.75) is 34.1 Å². The Kier molecular flexibility index (Phi) is 7.95. The first-order chi connectivity index (χ1) is 11.3. The van der Waals surface area contributed by atoms with Gasteiger partial charge >= 0.3 is 5.97 Å². The minimum absolute atomic E-state index is 0.0524. The summed E-state index contributed by atoms with van der Waals surface area (Å²) in [5.41, 5.74) is 0.734. The van der Waals surface area contributed by atoms with Crippen molar-refractivity contribution in [2.75, 3.05) is 25.0 Å². The number of esters is 1. The second-order valence-corrected chi connectivity index (χ2v) is 5.92. The van der Waals surface area contributed by atoms with Gasteiger partial charge in [-0.15, -0.1) is 0 Å². The van der Waals surface area contributed by atoms with Gasteiger partial charge in [-0.1, -0.05) is 26.0 Å². The molecule has 0 aromatic heterocycles. The van der Waals surface area contributed by atoms with E-state index in [9.17, 15) is 14.4 Å². The largest absolute Gasteiger partial charge is 0.462 e. The monoisotopic (exact) mass is 334 g/mol. The zero-order valence-corrected chi connectivity index (χ0v) is 14.8. The van der Waals surface area contributed by atoms with Gasteiger partial charge in [-0.3, -0.25) is 9.59 Å². The lowest BCUT2D eigenvalue weighted by Crippen LogP contribution is -2.35. The van der Waals surface area contributed by atoms with Crippen LogP contribution >= 0.6 is 0 Å². The predicted molar refractivity (Wildman–Crippen MR) is 92.7 cm³/mol. The summed E-state index contributed by atoms with van der Waals surface area (Å²) in [7, 11) is 0. The fourth-order valence-corrected chi connectivity index (χ4v) is 2.25. The van der Waals surface area contributed by atoms with E-state index in [2.05, 4.69) is 5.32 Å². The summed E-state index contributed by atoms with van der Waals surface area (Å²) in [6.07, 6.45) is 0.170. The van der Waals surface area contributed by atoms with Crippen molar-refractivity contribution in [1.82, 2.24) is 4.90 Å². The lowest BCUT2D eigenvalue weighted by Gasteiger charge is -2.22. The maximum absolute atomic E-state index is 12.2. The Labute approximate surface area is 143 Å². The second kappa shape index (κ2) is 9.70. The van der Waals surface area contributed by atoms with E-state index in [0.717, 1.165) is 0 Å². The van der Waals surface area contributed by atoms with Crippen LogP contribution in [0.5, 0.6) is 0 Å². The van der Waals surface area contributed by atoms with E-state index in [1.807, 2.05) is 13.8 Å². The Morgan fingerprint density at radius 3 is 2.46 bits per heavy atom. The summed E-state index contributed by atoms with van der Waals surface area (Å²) in [6.45, 7) is 8.49. The van der Waals surface area contributed by atoms with Gasteiger partial charge in [0.05, 0.1) is 17.9 Å². The van der Waals surface area contributed by atoms with Crippen molar-refractivity contribution < 1.29 is 19.1 Å². The van der Waals surface area contributed by atoms with E-state index in [1.54, 1.807) is 36.1 Å². The fourth-order valence-electron chi connectivity index (χ4n) is 2.25. The smallest absolute Gasteiger partial charge is 0.340 e. The third-order valence-corrected chi connectivity index (χ3v) is 3.34. The van der Waals surface area contributed by atoms with Gasteiger partial charge < -0.3 is 15.0 Å². The van der Waals surface area contributed by atoms with Gasteiger partial charge in [-0.05, 0) is 25.0 Å². The molecule has 0 fully saturated rings. The highest BCUT2D eigenvalue weighted by Crippen LogP contribution is 2.16. The molecule has 1 aromatic rings. The summed E-state index contributed by atoms with van der Waals surface area (Å²) >= 11 is 0. The number of para-hydroxylation sites is 1. The van der Waals surface area contributed by atoms with Gasteiger partial charge in [0.1, 0.15) is 0 Å². The average Bonchev–Trinajstić information content (AvgIpc) is 2.51. The number of hydrogen-bond donors (Lipinski definition) is 1. The molecule has 0 aliphatic rings. The maximum atomic E-state index is 12.2. The minimum atomic E-state index is -0.474. The number of carbonyl (C=O) groups is 3. The lowest BCUT2D eigenvalue weighted by molar-refractivity contribution is -0.129. The third-order valence-electron chi connectivity index (χ3n) is 3.34. The number of benzene rings is 1. The van der Waals surface area contributed by atoms with E-state index in [1.165, 1.54) is 6.92 Å². The highest BCUT2D eigenvalue weighted by molar-refractivity contribution is 6.01. The maximum Gasteiger partial charge on any atom is 0.340 e. The van der Waals surface area contributed by atoms with Crippen LogP contribution in [0.15, 0.2) is 24.3 Å². The molecular formula is C18H26N2O4. The third kappa shape index (κ3) is 6.40. The number of hydrogen-bond acceptors (Lipinski definition) is 4. The van der Waals surface area contributed by atoms with Crippen LogP contribution in [0, 0.1) is 5.92 Å². The highest BCUT2D eigenvalue weighted by Gasteiger charge is 2.16. The van der Waals surface area contributed by atoms with Crippen molar-refractivity contribution in [3.63, 3.8) is 0 Å². The molecule has 0 spiro atoms. The van der Waals surface area contributed by atoms with E-state index < -0.39 is 5.97 Å². The van der Waals surface area contributed by atoms with Crippen LogP contribution < -0.4 is 5.32 Å². The molecule has 0 aliphatic carbocycles. The highest BCUT2D eigenvalue weighted by atomic mass is 16.5. The van der Waals surface area contributed by atoms with Crippen LogP contribution in [0.3, 0.4) is 0 Å². The van der Waals surface area contributed by atoms with Crippen molar-refractivity contribution in [1.29, 1.82) is 0 Å². The number of nitrogens with zero attached hydrogens (tertiary/aromatic N) is 1. The molecule has 2 amide bonds. The SMILES string of the molecule is CCOC(=O)c1ccccc1NC(=O)CCN(CC(C)C)C(C)=O. The Bertz CT molecular complexity index is 584. The van der Waals surface area contributed by atoms with Gasteiger partial charge in [0.25, 0.3) is 0 Å². The molecule has 132 valence electrons. The number of anilines is 1. The van der Waals surface area contributed by atoms with Gasteiger partial charge in [0.15, 0.2) is 0 Å². The molecule has 1 aromatic carbocycles. The van der Waals surface area contributed by atoms with E-state index in [-0.39, 0.29) is 24.8 Å². The molecule has 0 radical (unpaired) electrons. The Morgan fingerprint density at radius 1 is 1.21 bits per heavy atom. The standard InChI is InChI=1S/C18H26N2O4/c1-5-24-18(23)15-8-6-7-9-16(15)19-17(22)10-11-20(14(4)21)12-13(2)3/h6-9,13H,5,10-12H2,1-4H3,(H,19,22). The Morgan fingerprint density at radius 2 is 1.88 bits per heavy atom. The number of amides is 2. The number of rotatable bonds is 8. The van der Waals surface area contributed by atoms with Crippen molar-refractivity contribution in [2.24, 2.45) is 5.92 Å². The van der Waals surface area contributed by atoms with Gasteiger partial charge in [0, 0.05) is 26.4 Å². The topological polar surface area (TPSA) is 75.7 Å². The normalized spacial score (nSPS) is 10.4. The second-order valence-electron chi connectivity index (χ2n) is 5.92. The molecule has 6 heteroatoms. The van der Waals surface area contributed by atoms with Crippen LogP contribution in [0.25, 0.3) is 0 Å². The van der Waals surface area contributed by atoms with E-state index in [4.69, 9.17) is 4.74 Å². The van der Waals surface area contributed by atoms with E-state index in [0.29, 0.717) is 30.3 Å². The van der Waals surface area contributed by atoms with Gasteiger partial charge in [-0.25, -0.2) is 4.79 Å². The molecule has 24 heavy (non-hydrogen) atoms. The summed E-state index contributed by atoms with van der Waals surface area (Å²) in [5.74, 6) is -0.440. The van der Waals surface area contributed by atoms with Crippen LogP contribution in [0.1, 0.15) is 44.5 Å². The van der Waals surface area contributed by atoms with Crippen LogP contribution in [-0.2, 0) is 14.3 Å². The molecule has 6 nitrogen and oxygen atoms in total. The first-order valence-corrected chi connectivity index (χ1v) is 8.16. The average molecular weight is 334 g/mol. The Hall–Kier alpha value is -2.37. The van der Waals surface area contributed by atoms with Gasteiger partial charge in [0.2, 0.25) is 11.8 Å². The summed E-state index contributed by atoms with van der Waals surface area (Å²) in [5, 5.41) is 2.72. The molecule has 0 unspecified atom stereocenters. The van der Waals surface area contributed by atoms with Crippen LogP contribution in [-0.4, -0.2) is 42.4 Å². The predicted octanol–water partition coefficient (Wildman–Crippen LogP) is 2.70. The quantitative estimate of drug-likeness (QED) is 0.742. The molecule has 0 saturated carbocycles. The molecule has 0 saturated heterocycles. The molecule has 0 bridgehead atoms. The summed E-state index contributed by atoms with van der Waals surface area (Å²) in [6, 6.07) is 6.70. The fraction of sp³-hybridized carbons (Fsp3) is 0.500. The first-order valence-electron chi connectivity index (χ1n) is 8.16. The molecular weight excluding hydrogens is 308 g/mol. The molecule has 0 atom stereocenters. The van der Waals surface area contributed by atoms with Crippen molar-refractivity contribution in [3.05, 3.63) is 29.8 Å². The van der Waals surface area contributed by atoms with Crippen molar-refractivity contribution in [3.8, 4) is 0 Å². The number of ether oxygens (including phenoxy) is 1. The molecule has 1 N–H and O–H groups in total. The molecule has 0 heterocycles. The molecule has 1 rings (SSSR count). The summed E-state index contributed by atoms with van der Waals surface area (Å²) in [4.78, 5) is 37.3. The summed E-state index contributed by atoms with van der Waals surface area (Å²) < 4.78 is 4.98. The molecule has 0 aliphatic heterocycles. The zero-order chi connectivity index (χ0) is 18.1.